The van der Waals surface area contributed by atoms with Crippen molar-refractivity contribution in [3.05, 3.63) is 70.0 Å². The fourth-order valence-electron chi connectivity index (χ4n) is 2.09. The van der Waals surface area contributed by atoms with E-state index in [4.69, 9.17) is 0 Å². The molecule has 0 spiro atoms. The molecule has 1 nitrogen and oxygen atoms in total. The van der Waals surface area contributed by atoms with Crippen LogP contribution in [0.4, 0.5) is 4.39 Å². The molecule has 1 atom stereocenters. The van der Waals surface area contributed by atoms with Gasteiger partial charge in [0.15, 0.2) is 0 Å². The van der Waals surface area contributed by atoms with Crippen LogP contribution in [0.25, 0.3) is 0 Å². The number of aliphatic hydroxyl groups is 1. The molecule has 0 fully saturated rings. The molecule has 0 saturated carbocycles. The zero-order chi connectivity index (χ0) is 13.3. The van der Waals surface area contributed by atoms with Gasteiger partial charge in [-0.25, -0.2) is 4.39 Å². The van der Waals surface area contributed by atoms with Crippen molar-refractivity contribution in [3.63, 3.8) is 0 Å². The molecule has 0 aliphatic carbocycles. The van der Waals surface area contributed by atoms with Crippen molar-refractivity contribution >= 4 is 0 Å². The summed E-state index contributed by atoms with van der Waals surface area (Å²) in [4.78, 5) is 0. The molecule has 0 aliphatic rings. The molecule has 18 heavy (non-hydrogen) atoms. The summed E-state index contributed by atoms with van der Waals surface area (Å²) in [5.74, 6) is -0.244. The molecular formula is C16H17FO. The minimum absolute atomic E-state index is 0.244. The SMILES string of the molecule is Cc1cc(C(O)c2cccc(C)c2C)ccc1F. The van der Waals surface area contributed by atoms with E-state index in [0.29, 0.717) is 5.56 Å². The van der Waals surface area contributed by atoms with Gasteiger partial charge >= 0.3 is 0 Å². The Morgan fingerprint density at radius 2 is 1.72 bits per heavy atom. The van der Waals surface area contributed by atoms with Gasteiger partial charge in [-0.05, 0) is 54.7 Å². The van der Waals surface area contributed by atoms with Crippen molar-refractivity contribution in [2.45, 2.75) is 26.9 Å². The summed E-state index contributed by atoms with van der Waals surface area (Å²) >= 11 is 0. The lowest BCUT2D eigenvalue weighted by Crippen LogP contribution is -2.03. The third-order valence-corrected chi connectivity index (χ3v) is 3.44. The summed E-state index contributed by atoms with van der Waals surface area (Å²) in [7, 11) is 0. The molecule has 2 rings (SSSR count). The fourth-order valence-corrected chi connectivity index (χ4v) is 2.09. The van der Waals surface area contributed by atoms with Crippen LogP contribution < -0.4 is 0 Å². The maximum atomic E-state index is 13.2. The Hall–Kier alpha value is -1.67. The van der Waals surface area contributed by atoms with E-state index in [0.717, 1.165) is 22.3 Å². The predicted molar refractivity (Wildman–Crippen MR) is 71.1 cm³/mol. The Morgan fingerprint density at radius 3 is 2.39 bits per heavy atom. The van der Waals surface area contributed by atoms with Gasteiger partial charge in [0, 0.05) is 0 Å². The van der Waals surface area contributed by atoms with Gasteiger partial charge in [-0.2, -0.15) is 0 Å². The first-order valence-corrected chi connectivity index (χ1v) is 6.01. The van der Waals surface area contributed by atoms with Gasteiger partial charge in [-0.1, -0.05) is 30.3 Å². The highest BCUT2D eigenvalue weighted by molar-refractivity contribution is 5.40. The average Bonchev–Trinajstić information content (AvgIpc) is 2.35. The topological polar surface area (TPSA) is 20.2 Å². The number of halogens is 1. The van der Waals surface area contributed by atoms with Crippen LogP contribution in [-0.2, 0) is 0 Å². The molecule has 0 radical (unpaired) electrons. The zero-order valence-electron chi connectivity index (χ0n) is 10.9. The summed E-state index contributed by atoms with van der Waals surface area (Å²) in [5, 5.41) is 10.4. The smallest absolute Gasteiger partial charge is 0.126 e. The second-order valence-corrected chi connectivity index (χ2v) is 4.70. The van der Waals surface area contributed by atoms with E-state index in [-0.39, 0.29) is 5.82 Å². The van der Waals surface area contributed by atoms with Crippen LogP contribution >= 0.6 is 0 Å². The molecule has 0 heterocycles. The van der Waals surface area contributed by atoms with E-state index in [1.165, 1.54) is 6.07 Å². The molecule has 0 amide bonds. The standard InChI is InChI=1S/C16H17FO/c1-10-5-4-6-14(12(10)3)16(18)13-7-8-15(17)11(2)9-13/h4-9,16,18H,1-3H3. The maximum Gasteiger partial charge on any atom is 0.126 e. The van der Waals surface area contributed by atoms with Crippen LogP contribution in [0.15, 0.2) is 36.4 Å². The second kappa shape index (κ2) is 4.91. The van der Waals surface area contributed by atoms with Crippen LogP contribution in [0.1, 0.15) is 33.9 Å². The van der Waals surface area contributed by atoms with Gasteiger partial charge in [0.05, 0.1) is 0 Å². The number of hydrogen-bond donors (Lipinski definition) is 1. The molecule has 0 aromatic heterocycles. The largest absolute Gasteiger partial charge is 0.384 e. The second-order valence-electron chi connectivity index (χ2n) is 4.70. The zero-order valence-corrected chi connectivity index (χ0v) is 10.9. The number of hydrogen-bond acceptors (Lipinski definition) is 1. The van der Waals surface area contributed by atoms with Crippen molar-refractivity contribution < 1.29 is 9.50 Å². The van der Waals surface area contributed by atoms with E-state index >= 15 is 0 Å². The summed E-state index contributed by atoms with van der Waals surface area (Å²) in [6.45, 7) is 5.71. The number of aryl methyl sites for hydroxylation is 2. The third kappa shape index (κ3) is 2.29. The molecule has 1 N–H and O–H groups in total. The summed E-state index contributed by atoms with van der Waals surface area (Å²) in [6, 6.07) is 10.6. The Kier molecular flexibility index (Phi) is 3.48. The molecule has 0 bridgehead atoms. The number of benzene rings is 2. The van der Waals surface area contributed by atoms with Gasteiger partial charge in [0.1, 0.15) is 11.9 Å². The van der Waals surface area contributed by atoms with E-state index < -0.39 is 6.10 Å². The van der Waals surface area contributed by atoms with Crippen molar-refractivity contribution in [1.29, 1.82) is 0 Å². The quantitative estimate of drug-likeness (QED) is 0.851. The lowest BCUT2D eigenvalue weighted by molar-refractivity contribution is 0.219. The van der Waals surface area contributed by atoms with Crippen LogP contribution in [0.2, 0.25) is 0 Å². The maximum absolute atomic E-state index is 13.2. The Labute approximate surface area is 107 Å². The van der Waals surface area contributed by atoms with E-state index in [2.05, 4.69) is 0 Å². The third-order valence-electron chi connectivity index (χ3n) is 3.44. The van der Waals surface area contributed by atoms with Crippen LogP contribution in [0.3, 0.4) is 0 Å². The fraction of sp³-hybridized carbons (Fsp3) is 0.250. The van der Waals surface area contributed by atoms with Gasteiger partial charge in [-0.15, -0.1) is 0 Å². The van der Waals surface area contributed by atoms with Crippen molar-refractivity contribution in [3.8, 4) is 0 Å². The Bertz CT molecular complexity index is 575. The summed E-state index contributed by atoms with van der Waals surface area (Å²) in [6.07, 6.45) is -0.704. The summed E-state index contributed by atoms with van der Waals surface area (Å²) < 4.78 is 13.2. The molecule has 2 aromatic rings. The number of rotatable bonds is 2. The highest BCUT2D eigenvalue weighted by Gasteiger charge is 2.14. The first kappa shape index (κ1) is 12.8. The molecule has 0 aliphatic heterocycles. The highest BCUT2D eigenvalue weighted by atomic mass is 19.1. The van der Waals surface area contributed by atoms with Gasteiger partial charge < -0.3 is 5.11 Å². The molecule has 1 unspecified atom stereocenters. The van der Waals surface area contributed by atoms with Crippen LogP contribution in [0.5, 0.6) is 0 Å². The molecule has 94 valence electrons. The van der Waals surface area contributed by atoms with Gasteiger partial charge in [0.2, 0.25) is 0 Å². The first-order chi connectivity index (χ1) is 8.50. The highest BCUT2D eigenvalue weighted by Crippen LogP contribution is 2.27. The van der Waals surface area contributed by atoms with E-state index in [1.807, 2.05) is 32.0 Å². The Morgan fingerprint density at radius 1 is 1.00 bits per heavy atom. The van der Waals surface area contributed by atoms with Gasteiger partial charge in [0.25, 0.3) is 0 Å². The van der Waals surface area contributed by atoms with E-state index in [1.54, 1.807) is 19.1 Å². The lowest BCUT2D eigenvalue weighted by atomic mass is 9.94. The summed E-state index contributed by atoms with van der Waals surface area (Å²) in [5.41, 5.74) is 4.37. The molecule has 2 heteroatoms. The van der Waals surface area contributed by atoms with Crippen molar-refractivity contribution in [2.24, 2.45) is 0 Å². The lowest BCUT2D eigenvalue weighted by Gasteiger charge is -2.16. The molecular weight excluding hydrogens is 227 g/mol. The van der Waals surface area contributed by atoms with Gasteiger partial charge in [-0.3, -0.25) is 0 Å². The van der Waals surface area contributed by atoms with Crippen LogP contribution in [0, 0.1) is 26.6 Å². The average molecular weight is 244 g/mol. The van der Waals surface area contributed by atoms with Crippen molar-refractivity contribution in [2.75, 3.05) is 0 Å². The molecule has 2 aromatic carbocycles. The molecule has 0 saturated heterocycles. The van der Waals surface area contributed by atoms with Crippen LogP contribution in [-0.4, -0.2) is 5.11 Å². The van der Waals surface area contributed by atoms with Crippen molar-refractivity contribution in [1.82, 2.24) is 0 Å². The predicted octanol–water partition coefficient (Wildman–Crippen LogP) is 3.83. The monoisotopic (exact) mass is 244 g/mol. The first-order valence-electron chi connectivity index (χ1n) is 6.01. The minimum Gasteiger partial charge on any atom is -0.384 e. The normalized spacial score (nSPS) is 12.5. The number of aliphatic hydroxyl groups excluding tert-OH is 1. The minimum atomic E-state index is -0.704. The van der Waals surface area contributed by atoms with E-state index in [9.17, 15) is 9.50 Å². The Balaban J connectivity index is 2.44.